The van der Waals surface area contributed by atoms with Gasteiger partial charge < -0.3 is 25.3 Å². The molecule has 0 radical (unpaired) electrons. The van der Waals surface area contributed by atoms with E-state index >= 15 is 0 Å². The average molecular weight is 297 g/mol. The van der Waals surface area contributed by atoms with Gasteiger partial charge in [0.2, 0.25) is 5.95 Å². The van der Waals surface area contributed by atoms with Gasteiger partial charge in [-0.25, -0.2) is 0 Å². The molecule has 116 valence electrons. The number of hydrogen-bond acceptors (Lipinski definition) is 9. The molecule has 0 amide bonds. The fourth-order valence-corrected chi connectivity index (χ4v) is 2.02. The highest BCUT2D eigenvalue weighted by Crippen LogP contribution is 2.17. The summed E-state index contributed by atoms with van der Waals surface area (Å²) in [7, 11) is 2.99. The molecular weight excluding hydrogens is 278 g/mol. The van der Waals surface area contributed by atoms with Crippen LogP contribution in [0, 0.1) is 0 Å². The van der Waals surface area contributed by atoms with Crippen molar-refractivity contribution in [3.63, 3.8) is 0 Å². The standard InChI is InChI=1S/C11H19N7O3/c1-20-10-13-9(14-11(15-10)21-2)18-5-3-17(4-6-18)7-8(12)16-19/h19H,3-7H2,1-2H3,(H2,12,16). The quantitative estimate of drug-likeness (QED) is 0.297. The number of methoxy groups -OCH3 is 2. The lowest BCUT2D eigenvalue weighted by Crippen LogP contribution is -2.49. The van der Waals surface area contributed by atoms with E-state index in [9.17, 15) is 0 Å². The number of rotatable bonds is 5. The van der Waals surface area contributed by atoms with E-state index in [1.165, 1.54) is 14.2 Å². The molecule has 1 aliphatic heterocycles. The molecule has 0 unspecified atom stereocenters. The Morgan fingerprint density at radius 3 is 2.19 bits per heavy atom. The van der Waals surface area contributed by atoms with Crippen molar-refractivity contribution in [2.24, 2.45) is 10.9 Å². The number of nitrogens with two attached hydrogens (primary N) is 1. The van der Waals surface area contributed by atoms with E-state index in [-0.39, 0.29) is 17.9 Å². The number of aromatic nitrogens is 3. The van der Waals surface area contributed by atoms with Gasteiger partial charge in [0.25, 0.3) is 0 Å². The Hall–Kier alpha value is -2.36. The van der Waals surface area contributed by atoms with Crippen LogP contribution in [-0.4, -0.2) is 77.8 Å². The lowest BCUT2D eigenvalue weighted by Gasteiger charge is -2.34. The predicted octanol–water partition coefficient (Wildman–Crippen LogP) is -1.24. The van der Waals surface area contributed by atoms with E-state index in [1.807, 2.05) is 4.90 Å². The number of ether oxygens (including phenoxy) is 2. The van der Waals surface area contributed by atoms with Gasteiger partial charge in [-0.2, -0.15) is 9.97 Å². The summed E-state index contributed by atoms with van der Waals surface area (Å²) in [5, 5.41) is 11.6. The zero-order chi connectivity index (χ0) is 15.2. The molecule has 0 saturated carbocycles. The van der Waals surface area contributed by atoms with Crippen molar-refractivity contribution in [1.29, 1.82) is 0 Å². The maximum absolute atomic E-state index is 8.58. The first-order valence-corrected chi connectivity index (χ1v) is 6.44. The monoisotopic (exact) mass is 297 g/mol. The molecule has 10 heteroatoms. The van der Waals surface area contributed by atoms with E-state index in [0.717, 1.165) is 26.2 Å². The van der Waals surface area contributed by atoms with Crippen molar-refractivity contribution in [3.8, 4) is 12.0 Å². The van der Waals surface area contributed by atoms with Gasteiger partial charge >= 0.3 is 12.0 Å². The van der Waals surface area contributed by atoms with Crippen LogP contribution in [-0.2, 0) is 0 Å². The van der Waals surface area contributed by atoms with Crippen LogP contribution in [0.15, 0.2) is 5.16 Å². The highest BCUT2D eigenvalue weighted by Gasteiger charge is 2.21. The normalized spacial score (nSPS) is 16.9. The van der Waals surface area contributed by atoms with Crippen LogP contribution in [0.4, 0.5) is 5.95 Å². The molecule has 1 aromatic rings. The van der Waals surface area contributed by atoms with E-state index in [2.05, 4.69) is 25.0 Å². The summed E-state index contributed by atoms with van der Waals surface area (Å²) in [6, 6.07) is 0.437. The lowest BCUT2D eigenvalue weighted by atomic mass is 10.3. The molecule has 3 N–H and O–H groups in total. The summed E-state index contributed by atoms with van der Waals surface area (Å²) in [5.74, 6) is 0.717. The summed E-state index contributed by atoms with van der Waals surface area (Å²) in [4.78, 5) is 16.5. The van der Waals surface area contributed by atoms with Crippen molar-refractivity contribution >= 4 is 11.8 Å². The summed E-state index contributed by atoms with van der Waals surface area (Å²) in [6.07, 6.45) is 0. The molecule has 0 spiro atoms. The van der Waals surface area contributed by atoms with Crippen LogP contribution < -0.4 is 20.1 Å². The van der Waals surface area contributed by atoms with Gasteiger partial charge in [0, 0.05) is 26.2 Å². The molecule has 1 fully saturated rings. The second-order valence-corrected chi connectivity index (χ2v) is 4.46. The van der Waals surface area contributed by atoms with E-state index in [0.29, 0.717) is 12.5 Å². The van der Waals surface area contributed by atoms with Gasteiger partial charge in [-0.3, -0.25) is 4.90 Å². The van der Waals surface area contributed by atoms with Crippen molar-refractivity contribution in [2.45, 2.75) is 0 Å². The number of piperazine rings is 1. The van der Waals surface area contributed by atoms with E-state index in [4.69, 9.17) is 20.4 Å². The van der Waals surface area contributed by atoms with Crippen LogP contribution in [0.2, 0.25) is 0 Å². The Morgan fingerprint density at radius 2 is 1.71 bits per heavy atom. The zero-order valence-corrected chi connectivity index (χ0v) is 12.1. The van der Waals surface area contributed by atoms with Gasteiger partial charge in [0.15, 0.2) is 5.84 Å². The maximum atomic E-state index is 8.58. The van der Waals surface area contributed by atoms with Gasteiger partial charge in [0.05, 0.1) is 20.8 Å². The van der Waals surface area contributed by atoms with Crippen LogP contribution in [0.5, 0.6) is 12.0 Å². The number of amidine groups is 1. The summed E-state index contributed by atoms with van der Waals surface area (Å²) in [5.41, 5.74) is 5.50. The minimum Gasteiger partial charge on any atom is -0.467 e. The third kappa shape index (κ3) is 3.81. The molecular formula is C11H19N7O3. The Kier molecular flexibility index (Phi) is 4.93. The Labute approximate surface area is 122 Å². The highest BCUT2D eigenvalue weighted by molar-refractivity contribution is 5.81. The third-order valence-electron chi connectivity index (χ3n) is 3.12. The minimum atomic E-state index is 0.201. The Morgan fingerprint density at radius 1 is 1.14 bits per heavy atom. The van der Waals surface area contributed by atoms with Gasteiger partial charge in [-0.15, -0.1) is 4.98 Å². The number of anilines is 1. The Balaban J connectivity index is 2.01. The largest absolute Gasteiger partial charge is 0.467 e. The van der Waals surface area contributed by atoms with Gasteiger partial charge in [-0.05, 0) is 0 Å². The second kappa shape index (κ2) is 6.88. The Bertz CT molecular complexity index is 480. The third-order valence-corrected chi connectivity index (χ3v) is 3.12. The lowest BCUT2D eigenvalue weighted by molar-refractivity contribution is 0.276. The first-order chi connectivity index (χ1) is 10.2. The van der Waals surface area contributed by atoms with Crippen LogP contribution in [0.3, 0.4) is 0 Å². The van der Waals surface area contributed by atoms with Crippen molar-refractivity contribution in [3.05, 3.63) is 0 Å². The minimum absolute atomic E-state index is 0.201. The summed E-state index contributed by atoms with van der Waals surface area (Å²) < 4.78 is 10.1. The summed E-state index contributed by atoms with van der Waals surface area (Å²) in [6.45, 7) is 3.39. The van der Waals surface area contributed by atoms with Crippen molar-refractivity contribution in [1.82, 2.24) is 19.9 Å². The number of hydrogen-bond donors (Lipinski definition) is 2. The van der Waals surface area contributed by atoms with Crippen LogP contribution >= 0.6 is 0 Å². The van der Waals surface area contributed by atoms with Gasteiger partial charge in [0.1, 0.15) is 0 Å². The smallest absolute Gasteiger partial charge is 0.324 e. The number of oxime groups is 1. The topological polar surface area (TPSA) is 122 Å². The van der Waals surface area contributed by atoms with E-state index < -0.39 is 0 Å². The first-order valence-electron chi connectivity index (χ1n) is 6.44. The van der Waals surface area contributed by atoms with Crippen LogP contribution in [0.25, 0.3) is 0 Å². The van der Waals surface area contributed by atoms with Gasteiger partial charge in [-0.1, -0.05) is 5.16 Å². The maximum Gasteiger partial charge on any atom is 0.324 e. The van der Waals surface area contributed by atoms with Crippen molar-refractivity contribution in [2.75, 3.05) is 51.8 Å². The zero-order valence-electron chi connectivity index (χ0n) is 12.1. The molecule has 2 heterocycles. The molecule has 2 rings (SSSR count). The molecule has 0 atom stereocenters. The molecule has 10 nitrogen and oxygen atoms in total. The first kappa shape index (κ1) is 15.0. The van der Waals surface area contributed by atoms with E-state index in [1.54, 1.807) is 0 Å². The SMILES string of the molecule is COc1nc(OC)nc(N2CCN(CC(N)=NO)CC2)n1. The molecule has 0 bridgehead atoms. The van der Waals surface area contributed by atoms with Crippen LogP contribution in [0.1, 0.15) is 0 Å². The molecule has 1 aromatic heterocycles. The molecule has 1 saturated heterocycles. The average Bonchev–Trinajstić information content (AvgIpc) is 2.54. The number of nitrogens with zero attached hydrogens (tertiary/aromatic N) is 6. The summed E-state index contributed by atoms with van der Waals surface area (Å²) >= 11 is 0. The molecule has 1 aliphatic rings. The van der Waals surface area contributed by atoms with Crippen molar-refractivity contribution < 1.29 is 14.7 Å². The second-order valence-electron chi connectivity index (χ2n) is 4.46. The highest BCUT2D eigenvalue weighted by atomic mass is 16.5. The molecule has 0 aromatic carbocycles. The fourth-order valence-electron chi connectivity index (χ4n) is 2.02. The molecule has 0 aliphatic carbocycles. The predicted molar refractivity (Wildman–Crippen MR) is 75.0 cm³/mol. The fraction of sp³-hybridized carbons (Fsp3) is 0.636. The molecule has 21 heavy (non-hydrogen) atoms.